The highest BCUT2D eigenvalue weighted by Gasteiger charge is 2.14. The lowest BCUT2D eigenvalue weighted by atomic mass is 10.2. The monoisotopic (exact) mass is 192 g/mol. The van der Waals surface area contributed by atoms with Crippen LogP contribution in [-0.2, 0) is 0 Å². The molecule has 0 bridgehead atoms. The van der Waals surface area contributed by atoms with Gasteiger partial charge in [0.2, 0.25) is 0 Å². The van der Waals surface area contributed by atoms with Crippen LogP contribution < -0.4 is 0 Å². The fourth-order valence-corrected chi connectivity index (χ4v) is 1.37. The number of aliphatic imine (C=N–C) groups is 1. The van der Waals surface area contributed by atoms with E-state index in [0.29, 0.717) is 5.16 Å². The highest BCUT2D eigenvalue weighted by Crippen LogP contribution is 2.20. The molecule has 0 aromatic heterocycles. The predicted octanol–water partition coefficient (Wildman–Crippen LogP) is 2.04. The third kappa shape index (κ3) is 2.11. The van der Waals surface area contributed by atoms with E-state index in [2.05, 4.69) is 4.99 Å². The van der Waals surface area contributed by atoms with Crippen LogP contribution in [0, 0.1) is 0 Å². The van der Waals surface area contributed by atoms with Gasteiger partial charge in [0.05, 0.1) is 11.7 Å². The average molecular weight is 193 g/mol. The Balaban J connectivity index is 2.85. The molecule has 2 nitrogen and oxygen atoms in total. The van der Waals surface area contributed by atoms with E-state index in [1.807, 2.05) is 18.9 Å². The summed E-state index contributed by atoms with van der Waals surface area (Å²) in [5, 5.41) is 0.476. The van der Waals surface area contributed by atoms with Gasteiger partial charge in [-0.25, -0.2) is 4.99 Å². The number of halogens is 2. The summed E-state index contributed by atoms with van der Waals surface area (Å²) in [6.45, 7) is 2.66. The maximum atomic E-state index is 6.00. The third-order valence-electron chi connectivity index (χ3n) is 1.61. The molecule has 1 unspecified atom stereocenters. The molecular formula is C7H10Cl2N2. The van der Waals surface area contributed by atoms with Gasteiger partial charge in [-0.1, -0.05) is 11.6 Å². The lowest BCUT2D eigenvalue weighted by Crippen LogP contribution is -2.23. The summed E-state index contributed by atoms with van der Waals surface area (Å²) < 4.78 is 0. The minimum atomic E-state index is -0.0324. The van der Waals surface area contributed by atoms with Gasteiger partial charge in [0.25, 0.3) is 0 Å². The van der Waals surface area contributed by atoms with Gasteiger partial charge in [-0.2, -0.15) is 0 Å². The number of nitrogens with zero attached hydrogens (tertiary/aromatic N) is 2. The van der Waals surface area contributed by atoms with Crippen molar-refractivity contribution in [3.8, 4) is 0 Å². The van der Waals surface area contributed by atoms with Crippen LogP contribution in [0.3, 0.4) is 0 Å². The van der Waals surface area contributed by atoms with E-state index in [9.17, 15) is 0 Å². The van der Waals surface area contributed by atoms with Gasteiger partial charge in [0, 0.05) is 13.6 Å². The molecule has 1 rings (SSSR count). The summed E-state index contributed by atoms with van der Waals surface area (Å²) in [5.41, 5.74) is 0.939. The van der Waals surface area contributed by atoms with Crippen molar-refractivity contribution in [1.82, 2.24) is 4.90 Å². The summed E-state index contributed by atoms with van der Waals surface area (Å²) in [6.07, 6.45) is 1.69. The van der Waals surface area contributed by atoms with Gasteiger partial charge in [0.1, 0.15) is 5.16 Å². The minimum Gasteiger partial charge on any atom is -0.364 e. The van der Waals surface area contributed by atoms with Crippen molar-refractivity contribution in [3.05, 3.63) is 10.7 Å². The van der Waals surface area contributed by atoms with E-state index in [4.69, 9.17) is 23.2 Å². The smallest absolute Gasteiger partial charge is 0.131 e. The highest BCUT2D eigenvalue weighted by atomic mass is 35.5. The topological polar surface area (TPSA) is 15.6 Å². The van der Waals surface area contributed by atoms with Gasteiger partial charge >= 0.3 is 0 Å². The Hall–Kier alpha value is -0.210. The van der Waals surface area contributed by atoms with Crippen LogP contribution in [0.5, 0.6) is 0 Å². The van der Waals surface area contributed by atoms with Crippen LogP contribution in [0.25, 0.3) is 0 Å². The van der Waals surface area contributed by atoms with E-state index >= 15 is 0 Å². The Morgan fingerprint density at radius 1 is 1.73 bits per heavy atom. The van der Waals surface area contributed by atoms with Crippen molar-refractivity contribution in [2.24, 2.45) is 4.99 Å². The molecule has 1 aliphatic rings. The first-order valence-electron chi connectivity index (χ1n) is 3.36. The third-order valence-corrected chi connectivity index (χ3v) is 2.47. The number of hydrogen-bond acceptors (Lipinski definition) is 2. The zero-order valence-corrected chi connectivity index (χ0v) is 8.02. The summed E-state index contributed by atoms with van der Waals surface area (Å²) in [7, 11) is 1.92. The molecule has 0 spiro atoms. The molecule has 0 radical (unpaired) electrons. The van der Waals surface area contributed by atoms with E-state index in [0.717, 1.165) is 12.1 Å². The molecule has 0 saturated heterocycles. The first-order chi connectivity index (χ1) is 5.11. The molecule has 11 heavy (non-hydrogen) atoms. The van der Waals surface area contributed by atoms with E-state index < -0.39 is 0 Å². The fraction of sp³-hybridized carbons (Fsp3) is 0.571. The van der Waals surface area contributed by atoms with E-state index in [1.54, 1.807) is 6.34 Å². The average Bonchev–Trinajstić information content (AvgIpc) is 2.05. The first kappa shape index (κ1) is 8.88. The Morgan fingerprint density at radius 2 is 2.36 bits per heavy atom. The quantitative estimate of drug-likeness (QED) is 0.424. The zero-order valence-electron chi connectivity index (χ0n) is 6.51. The molecule has 62 valence electrons. The van der Waals surface area contributed by atoms with E-state index in [1.165, 1.54) is 0 Å². The number of rotatable bonds is 0. The van der Waals surface area contributed by atoms with Gasteiger partial charge in [0.15, 0.2) is 0 Å². The van der Waals surface area contributed by atoms with Crippen molar-refractivity contribution in [3.63, 3.8) is 0 Å². The molecular weight excluding hydrogens is 183 g/mol. The van der Waals surface area contributed by atoms with Gasteiger partial charge in [-0.15, -0.1) is 11.6 Å². The van der Waals surface area contributed by atoms with Crippen molar-refractivity contribution < 1.29 is 0 Å². The van der Waals surface area contributed by atoms with Crippen LogP contribution in [0.2, 0.25) is 0 Å². The van der Waals surface area contributed by atoms with Crippen LogP contribution in [0.4, 0.5) is 0 Å². The lowest BCUT2D eigenvalue weighted by molar-refractivity contribution is 0.529. The maximum Gasteiger partial charge on any atom is 0.131 e. The molecule has 0 saturated carbocycles. The van der Waals surface area contributed by atoms with Crippen molar-refractivity contribution in [2.45, 2.75) is 12.3 Å². The molecule has 0 aromatic carbocycles. The van der Waals surface area contributed by atoms with Crippen molar-refractivity contribution >= 4 is 29.5 Å². The Bertz CT molecular complexity index is 210. The fourth-order valence-electron chi connectivity index (χ4n) is 0.817. The molecule has 0 fully saturated rings. The SMILES string of the molecule is CC1=C(Cl)N=CN(C)CC1Cl. The summed E-state index contributed by atoms with van der Waals surface area (Å²) in [5.74, 6) is 0. The second-order valence-corrected chi connectivity index (χ2v) is 3.51. The predicted molar refractivity (Wildman–Crippen MR) is 49.3 cm³/mol. The largest absolute Gasteiger partial charge is 0.364 e. The Labute approximate surface area is 76.5 Å². The van der Waals surface area contributed by atoms with Gasteiger partial charge in [-0.3, -0.25) is 0 Å². The second-order valence-electron chi connectivity index (χ2n) is 2.63. The van der Waals surface area contributed by atoms with E-state index in [-0.39, 0.29) is 5.38 Å². The van der Waals surface area contributed by atoms with Gasteiger partial charge in [-0.05, 0) is 12.5 Å². The zero-order chi connectivity index (χ0) is 8.43. The molecule has 0 aromatic rings. The Morgan fingerprint density at radius 3 is 3.00 bits per heavy atom. The molecule has 0 N–H and O–H groups in total. The summed E-state index contributed by atoms with van der Waals surface area (Å²) in [4.78, 5) is 5.91. The summed E-state index contributed by atoms with van der Waals surface area (Å²) >= 11 is 11.8. The van der Waals surface area contributed by atoms with Crippen LogP contribution in [0.1, 0.15) is 6.92 Å². The molecule has 1 heterocycles. The maximum absolute atomic E-state index is 6.00. The second kappa shape index (κ2) is 3.46. The Kier molecular flexibility index (Phi) is 2.79. The van der Waals surface area contributed by atoms with Crippen LogP contribution in [-0.4, -0.2) is 30.2 Å². The van der Waals surface area contributed by atoms with Crippen LogP contribution >= 0.6 is 23.2 Å². The lowest BCUT2D eigenvalue weighted by Gasteiger charge is -2.14. The summed E-state index contributed by atoms with van der Waals surface area (Å²) in [6, 6.07) is 0. The van der Waals surface area contributed by atoms with Crippen molar-refractivity contribution in [1.29, 1.82) is 0 Å². The normalized spacial score (nSPS) is 25.8. The van der Waals surface area contributed by atoms with Crippen molar-refractivity contribution in [2.75, 3.05) is 13.6 Å². The number of hydrogen-bond donors (Lipinski definition) is 0. The molecule has 0 aliphatic carbocycles. The number of alkyl halides is 1. The molecule has 0 amide bonds. The first-order valence-corrected chi connectivity index (χ1v) is 4.17. The minimum absolute atomic E-state index is 0.0324. The molecule has 1 aliphatic heterocycles. The van der Waals surface area contributed by atoms with Crippen LogP contribution in [0.15, 0.2) is 15.7 Å². The highest BCUT2D eigenvalue weighted by molar-refractivity contribution is 6.31. The molecule has 4 heteroatoms. The molecule has 1 atom stereocenters. The standard InChI is InChI=1S/C7H10Cl2N2/c1-5-6(8)3-11(2)4-10-7(5)9/h4,6H,3H2,1-2H3. The van der Waals surface area contributed by atoms with Gasteiger partial charge < -0.3 is 4.90 Å².